The number of imide groups is 1. The summed E-state index contributed by atoms with van der Waals surface area (Å²) >= 11 is 1.21. The Labute approximate surface area is 142 Å². The molecule has 24 heavy (non-hydrogen) atoms. The fourth-order valence-corrected chi connectivity index (χ4v) is 3.13. The third kappa shape index (κ3) is 3.16. The van der Waals surface area contributed by atoms with Crippen molar-refractivity contribution in [2.75, 3.05) is 5.75 Å². The van der Waals surface area contributed by atoms with Crippen molar-refractivity contribution < 1.29 is 9.59 Å². The molecule has 0 unspecified atom stereocenters. The van der Waals surface area contributed by atoms with E-state index >= 15 is 0 Å². The summed E-state index contributed by atoms with van der Waals surface area (Å²) in [4.78, 5) is 28.3. The van der Waals surface area contributed by atoms with Crippen LogP contribution in [0.15, 0.2) is 29.6 Å². The van der Waals surface area contributed by atoms with E-state index in [4.69, 9.17) is 0 Å². The molecule has 3 aromatic rings. The summed E-state index contributed by atoms with van der Waals surface area (Å²) in [7, 11) is 1.74. The monoisotopic (exact) mass is 344 g/mol. The molecule has 2 amide bonds. The average molecular weight is 344 g/mol. The third-order valence-electron chi connectivity index (χ3n) is 3.42. The van der Waals surface area contributed by atoms with Crippen molar-refractivity contribution in [2.45, 2.75) is 19.0 Å². The second-order valence-electron chi connectivity index (χ2n) is 5.33. The van der Waals surface area contributed by atoms with E-state index in [-0.39, 0.29) is 11.7 Å². The van der Waals surface area contributed by atoms with Gasteiger partial charge < -0.3 is 4.57 Å². The van der Waals surface area contributed by atoms with Gasteiger partial charge in [-0.1, -0.05) is 11.8 Å². The average Bonchev–Trinajstić information content (AvgIpc) is 3.11. The summed E-state index contributed by atoms with van der Waals surface area (Å²) in [6.45, 7) is 3.81. The zero-order valence-corrected chi connectivity index (χ0v) is 14.3. The van der Waals surface area contributed by atoms with Crippen molar-refractivity contribution in [3.63, 3.8) is 0 Å². The number of rotatable bonds is 4. The highest BCUT2D eigenvalue weighted by molar-refractivity contribution is 7.99. The topological polar surface area (TPSA) is 94.2 Å². The predicted molar refractivity (Wildman–Crippen MR) is 88.9 cm³/mol. The van der Waals surface area contributed by atoms with E-state index in [1.54, 1.807) is 34.3 Å². The van der Waals surface area contributed by atoms with Crippen LogP contribution in [0, 0.1) is 13.8 Å². The first kappa shape index (κ1) is 16.2. The molecule has 0 atom stereocenters. The van der Waals surface area contributed by atoms with Gasteiger partial charge in [0.2, 0.25) is 5.91 Å². The number of aromatic nitrogens is 5. The highest BCUT2D eigenvalue weighted by Gasteiger charge is 2.15. The summed E-state index contributed by atoms with van der Waals surface area (Å²) in [5, 5.41) is 11.0. The molecule has 124 valence electrons. The molecule has 0 spiro atoms. The van der Waals surface area contributed by atoms with E-state index in [0.717, 1.165) is 11.4 Å². The molecule has 0 aliphatic heterocycles. The maximum absolute atomic E-state index is 12.0. The van der Waals surface area contributed by atoms with Gasteiger partial charge in [-0.3, -0.25) is 19.3 Å². The number of carbonyl (C=O) groups excluding carboxylic acids is 2. The van der Waals surface area contributed by atoms with E-state index in [1.807, 2.05) is 19.9 Å². The van der Waals surface area contributed by atoms with Crippen LogP contribution in [0.3, 0.4) is 0 Å². The Hall–Kier alpha value is -2.68. The fourth-order valence-electron chi connectivity index (χ4n) is 2.35. The van der Waals surface area contributed by atoms with Crippen molar-refractivity contribution >= 4 is 29.4 Å². The van der Waals surface area contributed by atoms with Gasteiger partial charge in [0.05, 0.1) is 5.75 Å². The number of carbonyl (C=O) groups is 2. The summed E-state index contributed by atoms with van der Waals surface area (Å²) in [5.41, 5.74) is 2.22. The minimum atomic E-state index is -0.423. The predicted octanol–water partition coefficient (Wildman–Crippen LogP) is 1.13. The molecular formula is C15H16N6O2S. The number of hydrogen-bond acceptors (Lipinski definition) is 6. The second-order valence-corrected chi connectivity index (χ2v) is 6.27. The van der Waals surface area contributed by atoms with Crippen LogP contribution in [0.4, 0.5) is 0 Å². The number of nitrogens with one attached hydrogen (secondary N) is 1. The van der Waals surface area contributed by atoms with Gasteiger partial charge in [0, 0.05) is 24.6 Å². The molecule has 1 N–H and O–H groups in total. The molecule has 0 fully saturated rings. The van der Waals surface area contributed by atoms with Crippen molar-refractivity contribution in [2.24, 2.45) is 7.05 Å². The zero-order chi connectivity index (χ0) is 17.3. The van der Waals surface area contributed by atoms with E-state index in [2.05, 4.69) is 20.5 Å². The van der Waals surface area contributed by atoms with Crippen LogP contribution >= 0.6 is 11.8 Å². The Kier molecular flexibility index (Phi) is 4.34. The molecule has 0 aliphatic carbocycles. The normalized spacial score (nSPS) is 11.0. The van der Waals surface area contributed by atoms with Crippen LogP contribution in [-0.4, -0.2) is 41.7 Å². The minimum Gasteiger partial charge on any atom is -0.347 e. The number of nitrogens with zero attached hydrogens (tertiary/aromatic N) is 5. The molecule has 3 rings (SSSR count). The summed E-state index contributed by atoms with van der Waals surface area (Å²) in [6, 6.07) is 5.31. The van der Waals surface area contributed by atoms with Crippen molar-refractivity contribution in [1.82, 2.24) is 29.5 Å². The standard InChI is InChI=1S/C15H16N6O2S/c1-9-7-10(2)21-14(16-9)18-19-15(21)24-8-12(22)17-13(23)11-5-4-6-20(11)3/h4-7H,8H2,1-3H3,(H,17,22,23). The number of aryl methyl sites for hydroxylation is 3. The maximum Gasteiger partial charge on any atom is 0.274 e. The van der Waals surface area contributed by atoms with Crippen LogP contribution < -0.4 is 5.32 Å². The van der Waals surface area contributed by atoms with Crippen LogP contribution in [0.25, 0.3) is 5.78 Å². The first-order valence-electron chi connectivity index (χ1n) is 7.23. The lowest BCUT2D eigenvalue weighted by Gasteiger charge is -2.05. The van der Waals surface area contributed by atoms with E-state index in [0.29, 0.717) is 16.6 Å². The van der Waals surface area contributed by atoms with E-state index < -0.39 is 5.91 Å². The second kappa shape index (κ2) is 6.44. The summed E-state index contributed by atoms with van der Waals surface area (Å²) < 4.78 is 3.43. The largest absolute Gasteiger partial charge is 0.347 e. The molecule has 8 nitrogen and oxygen atoms in total. The van der Waals surface area contributed by atoms with Gasteiger partial charge in [-0.15, -0.1) is 10.2 Å². The molecule has 0 saturated carbocycles. The molecule has 0 aromatic carbocycles. The third-order valence-corrected chi connectivity index (χ3v) is 4.35. The summed E-state index contributed by atoms with van der Waals surface area (Å²) in [6.07, 6.45) is 1.74. The molecule has 0 saturated heterocycles. The molecule has 0 aliphatic rings. The van der Waals surface area contributed by atoms with Crippen LogP contribution in [0.1, 0.15) is 21.9 Å². The smallest absolute Gasteiger partial charge is 0.274 e. The fraction of sp³-hybridized carbons (Fsp3) is 0.267. The summed E-state index contributed by atoms with van der Waals surface area (Å²) in [5.74, 6) is -0.256. The Balaban J connectivity index is 1.67. The van der Waals surface area contributed by atoms with Crippen LogP contribution in [0.5, 0.6) is 0 Å². The molecule has 3 heterocycles. The van der Waals surface area contributed by atoms with Crippen molar-refractivity contribution in [3.8, 4) is 0 Å². The number of thioether (sulfide) groups is 1. The van der Waals surface area contributed by atoms with Gasteiger partial charge in [-0.2, -0.15) is 0 Å². The van der Waals surface area contributed by atoms with Crippen molar-refractivity contribution in [3.05, 3.63) is 41.5 Å². The Bertz CT molecular complexity index is 929. The highest BCUT2D eigenvalue weighted by atomic mass is 32.2. The first-order valence-corrected chi connectivity index (χ1v) is 8.22. The first-order chi connectivity index (χ1) is 11.5. The number of hydrogen-bond donors (Lipinski definition) is 1. The molecule has 9 heteroatoms. The van der Waals surface area contributed by atoms with Crippen molar-refractivity contribution in [1.29, 1.82) is 0 Å². The molecule has 3 aromatic heterocycles. The molecular weight excluding hydrogens is 328 g/mol. The maximum atomic E-state index is 12.0. The Morgan fingerprint density at radius 2 is 2.08 bits per heavy atom. The van der Waals surface area contributed by atoms with Gasteiger partial charge >= 0.3 is 0 Å². The lowest BCUT2D eigenvalue weighted by atomic mass is 10.3. The van der Waals surface area contributed by atoms with Gasteiger partial charge in [-0.05, 0) is 32.0 Å². The Morgan fingerprint density at radius 1 is 1.29 bits per heavy atom. The van der Waals surface area contributed by atoms with E-state index in [9.17, 15) is 9.59 Å². The SMILES string of the molecule is Cc1cc(C)n2c(SCC(=O)NC(=O)c3cccn3C)nnc2n1. The van der Waals surface area contributed by atoms with E-state index in [1.165, 1.54) is 11.8 Å². The quantitative estimate of drug-likeness (QED) is 0.713. The Morgan fingerprint density at radius 3 is 2.79 bits per heavy atom. The van der Waals surface area contributed by atoms with Gasteiger partial charge in [0.15, 0.2) is 5.16 Å². The highest BCUT2D eigenvalue weighted by Crippen LogP contribution is 2.18. The van der Waals surface area contributed by atoms with Gasteiger partial charge in [-0.25, -0.2) is 4.98 Å². The minimum absolute atomic E-state index is 0.0598. The molecule has 0 bridgehead atoms. The lowest BCUT2D eigenvalue weighted by Crippen LogP contribution is -2.33. The zero-order valence-electron chi connectivity index (χ0n) is 13.5. The van der Waals surface area contributed by atoms with Crippen LogP contribution in [-0.2, 0) is 11.8 Å². The van der Waals surface area contributed by atoms with Gasteiger partial charge in [0.1, 0.15) is 5.69 Å². The van der Waals surface area contributed by atoms with Crippen LogP contribution in [0.2, 0.25) is 0 Å². The molecule has 0 radical (unpaired) electrons. The number of fused-ring (bicyclic) bond motifs is 1. The number of amides is 2. The lowest BCUT2D eigenvalue weighted by molar-refractivity contribution is -0.117. The van der Waals surface area contributed by atoms with Gasteiger partial charge in [0.25, 0.3) is 11.7 Å².